The number of carbonyl (C=O) groups excluding carboxylic acids is 1. The third-order valence-electron chi connectivity index (χ3n) is 3.50. The molecule has 1 heterocycles. The molecule has 1 fully saturated rings. The maximum absolute atomic E-state index is 12.0. The molecule has 5 heteroatoms. The third-order valence-corrected chi connectivity index (χ3v) is 3.50. The fourth-order valence-electron chi connectivity index (χ4n) is 2.35. The van der Waals surface area contributed by atoms with E-state index in [1.165, 1.54) is 0 Å². The number of rotatable bonds is 6. The number of hydrogen-bond donors (Lipinski definition) is 1. The number of carbonyl (C=O) groups is 1. The smallest absolute Gasteiger partial charge is 0.251 e. The molecule has 1 amide bonds. The van der Waals surface area contributed by atoms with Gasteiger partial charge in [0.05, 0.1) is 20.2 Å². The van der Waals surface area contributed by atoms with Crippen molar-refractivity contribution in [1.29, 1.82) is 0 Å². The predicted octanol–water partition coefficient (Wildman–Crippen LogP) is 1.69. The molecular weight excluding hydrogens is 270 g/mol. The Morgan fingerprint density at radius 1 is 1.33 bits per heavy atom. The molecular formula is C16H23NO4. The quantitative estimate of drug-likeness (QED) is 0.867. The molecule has 0 aliphatic carbocycles. The Morgan fingerprint density at radius 3 is 2.52 bits per heavy atom. The lowest BCUT2D eigenvalue weighted by atomic mass is 10.0. The molecule has 1 aromatic carbocycles. The van der Waals surface area contributed by atoms with E-state index < -0.39 is 6.10 Å². The van der Waals surface area contributed by atoms with Crippen LogP contribution in [0.5, 0.6) is 11.5 Å². The minimum Gasteiger partial charge on any atom is -0.493 e. The molecule has 0 saturated carbocycles. The zero-order chi connectivity index (χ0) is 15.4. The van der Waals surface area contributed by atoms with Crippen molar-refractivity contribution < 1.29 is 19.4 Å². The number of aliphatic hydroxyl groups excluding tert-OH is 1. The van der Waals surface area contributed by atoms with E-state index >= 15 is 0 Å². The molecule has 5 nitrogen and oxygen atoms in total. The van der Waals surface area contributed by atoms with E-state index in [9.17, 15) is 9.90 Å². The van der Waals surface area contributed by atoms with Crippen LogP contribution in [0.15, 0.2) is 24.3 Å². The van der Waals surface area contributed by atoms with Crippen LogP contribution >= 0.6 is 0 Å². The lowest BCUT2D eigenvalue weighted by Crippen LogP contribution is -2.58. The Hall–Kier alpha value is -1.75. The molecule has 1 atom stereocenters. The first kappa shape index (κ1) is 15.6. The van der Waals surface area contributed by atoms with Gasteiger partial charge in [-0.05, 0) is 24.5 Å². The van der Waals surface area contributed by atoms with E-state index in [0.717, 1.165) is 0 Å². The molecule has 1 aliphatic heterocycles. The van der Waals surface area contributed by atoms with Gasteiger partial charge in [-0.15, -0.1) is 0 Å². The molecule has 2 rings (SSSR count). The highest BCUT2D eigenvalue weighted by molar-refractivity contribution is 5.81. The monoisotopic (exact) mass is 293 g/mol. The summed E-state index contributed by atoms with van der Waals surface area (Å²) in [6.07, 6.45) is -0.457. The van der Waals surface area contributed by atoms with Gasteiger partial charge in [-0.1, -0.05) is 26.0 Å². The van der Waals surface area contributed by atoms with Crippen molar-refractivity contribution in [2.24, 2.45) is 5.92 Å². The van der Waals surface area contributed by atoms with Gasteiger partial charge in [0.25, 0.3) is 5.91 Å². The van der Waals surface area contributed by atoms with Gasteiger partial charge in [0, 0.05) is 0 Å². The molecule has 1 N–H and O–H groups in total. The first-order valence-corrected chi connectivity index (χ1v) is 7.27. The second kappa shape index (κ2) is 6.80. The topological polar surface area (TPSA) is 59.0 Å². The third kappa shape index (κ3) is 3.88. The maximum Gasteiger partial charge on any atom is 0.251 e. The fraction of sp³-hybridized carbons (Fsp3) is 0.562. The van der Waals surface area contributed by atoms with Crippen LogP contribution in [0.4, 0.5) is 0 Å². The second-order valence-electron chi connectivity index (χ2n) is 5.78. The number of aliphatic hydroxyl groups is 1. The zero-order valence-electron chi connectivity index (χ0n) is 12.8. The molecule has 0 spiro atoms. The Morgan fingerprint density at radius 2 is 1.95 bits per heavy atom. The van der Waals surface area contributed by atoms with Crippen molar-refractivity contribution in [2.75, 3.05) is 20.2 Å². The summed E-state index contributed by atoms with van der Waals surface area (Å²) in [6, 6.07) is 7.44. The van der Waals surface area contributed by atoms with Crippen LogP contribution in [0.3, 0.4) is 0 Å². The minimum atomic E-state index is -0.905. The first-order chi connectivity index (χ1) is 10.0. The number of benzene rings is 1. The van der Waals surface area contributed by atoms with E-state index in [4.69, 9.17) is 9.47 Å². The average molecular weight is 293 g/mol. The van der Waals surface area contributed by atoms with Gasteiger partial charge in [0.15, 0.2) is 11.5 Å². The summed E-state index contributed by atoms with van der Waals surface area (Å²) in [7, 11) is 1.60. The summed E-state index contributed by atoms with van der Waals surface area (Å²) in [6.45, 7) is 4.98. The maximum atomic E-state index is 12.0. The zero-order valence-corrected chi connectivity index (χ0v) is 12.8. The van der Waals surface area contributed by atoms with Crippen molar-refractivity contribution >= 4 is 5.91 Å². The van der Waals surface area contributed by atoms with Crippen LogP contribution in [0.25, 0.3) is 0 Å². The molecule has 116 valence electrons. The molecule has 1 aliphatic rings. The number of amides is 1. The number of nitrogens with zero attached hydrogens (tertiary/aromatic N) is 1. The van der Waals surface area contributed by atoms with Crippen molar-refractivity contribution in [3.8, 4) is 11.5 Å². The van der Waals surface area contributed by atoms with Crippen LogP contribution in [-0.2, 0) is 4.79 Å². The molecule has 0 aromatic heterocycles. The predicted molar refractivity (Wildman–Crippen MR) is 79.5 cm³/mol. The average Bonchev–Trinajstić information content (AvgIpc) is 2.41. The van der Waals surface area contributed by atoms with Gasteiger partial charge in [0.2, 0.25) is 0 Å². The second-order valence-corrected chi connectivity index (χ2v) is 5.78. The van der Waals surface area contributed by atoms with E-state index in [-0.39, 0.29) is 12.0 Å². The summed E-state index contributed by atoms with van der Waals surface area (Å²) < 4.78 is 11.0. The number of ether oxygens (including phenoxy) is 2. The van der Waals surface area contributed by atoms with E-state index in [2.05, 4.69) is 0 Å². The number of hydrogen-bond acceptors (Lipinski definition) is 4. The van der Waals surface area contributed by atoms with Crippen molar-refractivity contribution in [1.82, 2.24) is 4.90 Å². The van der Waals surface area contributed by atoms with Crippen LogP contribution in [0.1, 0.15) is 20.3 Å². The minimum absolute atomic E-state index is 0.0449. The van der Waals surface area contributed by atoms with Gasteiger partial charge in [-0.25, -0.2) is 0 Å². The van der Waals surface area contributed by atoms with Crippen LogP contribution in [0, 0.1) is 5.92 Å². The van der Waals surface area contributed by atoms with Gasteiger partial charge in [0.1, 0.15) is 12.2 Å². The molecule has 0 unspecified atom stereocenters. The number of likely N-dealkylation sites (tertiary alicyclic amines) is 1. The molecule has 0 bridgehead atoms. The Labute approximate surface area is 125 Å². The number of para-hydroxylation sites is 2. The van der Waals surface area contributed by atoms with Crippen LogP contribution in [-0.4, -0.2) is 48.3 Å². The van der Waals surface area contributed by atoms with Crippen molar-refractivity contribution in [3.05, 3.63) is 24.3 Å². The molecule has 21 heavy (non-hydrogen) atoms. The van der Waals surface area contributed by atoms with Gasteiger partial charge in [-0.3, -0.25) is 4.79 Å². The standard InChI is InChI=1S/C16H23NO4/c1-11(2)8-13(18)16(19)17-9-12(10-17)21-15-7-5-4-6-14(15)20-3/h4-7,11-13,18H,8-10H2,1-3H3/t13-/m0/s1. The Balaban J connectivity index is 1.82. The largest absolute Gasteiger partial charge is 0.493 e. The molecule has 0 radical (unpaired) electrons. The van der Waals surface area contributed by atoms with Gasteiger partial charge in [-0.2, -0.15) is 0 Å². The van der Waals surface area contributed by atoms with Crippen molar-refractivity contribution in [2.45, 2.75) is 32.5 Å². The van der Waals surface area contributed by atoms with Crippen LogP contribution in [0.2, 0.25) is 0 Å². The summed E-state index contributed by atoms with van der Waals surface area (Å²) >= 11 is 0. The Bertz CT molecular complexity index is 483. The lowest BCUT2D eigenvalue weighted by molar-refractivity contribution is -0.150. The summed E-state index contributed by atoms with van der Waals surface area (Å²) in [5.74, 6) is 1.45. The van der Waals surface area contributed by atoms with Gasteiger partial charge >= 0.3 is 0 Å². The summed E-state index contributed by atoms with van der Waals surface area (Å²) in [5, 5.41) is 9.83. The van der Waals surface area contributed by atoms with Crippen LogP contribution < -0.4 is 9.47 Å². The van der Waals surface area contributed by atoms with E-state index in [0.29, 0.717) is 36.9 Å². The van der Waals surface area contributed by atoms with E-state index in [1.54, 1.807) is 12.0 Å². The SMILES string of the molecule is COc1ccccc1OC1CN(C(=O)[C@@H](O)CC(C)C)C1. The van der Waals surface area contributed by atoms with Gasteiger partial charge < -0.3 is 19.5 Å². The highest BCUT2D eigenvalue weighted by atomic mass is 16.5. The normalized spacial score (nSPS) is 16.5. The summed E-state index contributed by atoms with van der Waals surface area (Å²) in [5.41, 5.74) is 0. The highest BCUT2D eigenvalue weighted by Crippen LogP contribution is 2.28. The lowest BCUT2D eigenvalue weighted by Gasteiger charge is -2.40. The first-order valence-electron chi connectivity index (χ1n) is 7.27. The Kier molecular flexibility index (Phi) is 5.07. The van der Waals surface area contributed by atoms with E-state index in [1.807, 2.05) is 38.1 Å². The van der Waals surface area contributed by atoms with Crippen molar-refractivity contribution in [3.63, 3.8) is 0 Å². The number of methoxy groups -OCH3 is 1. The fourth-order valence-corrected chi connectivity index (χ4v) is 2.35. The highest BCUT2D eigenvalue weighted by Gasteiger charge is 2.35. The molecule has 1 saturated heterocycles. The summed E-state index contributed by atoms with van der Waals surface area (Å²) in [4.78, 5) is 13.6. The molecule has 1 aromatic rings.